The van der Waals surface area contributed by atoms with Crippen molar-refractivity contribution in [1.82, 2.24) is 0 Å². The number of nitrogens with one attached hydrogen (secondary N) is 1. The maximum Gasteiger partial charge on any atom is 0.294 e. The Morgan fingerprint density at radius 2 is 2.05 bits per heavy atom. The molecule has 1 aromatic rings. The quantitative estimate of drug-likeness (QED) is 0.680. The van der Waals surface area contributed by atoms with E-state index >= 15 is 0 Å². The van der Waals surface area contributed by atoms with Gasteiger partial charge in [-0.1, -0.05) is 30.9 Å². The van der Waals surface area contributed by atoms with Gasteiger partial charge in [0.05, 0.1) is 11.0 Å². The molecular weight excluding hydrogens is 294 g/mol. The maximum atomic E-state index is 12.4. The van der Waals surface area contributed by atoms with Crippen LogP contribution >= 0.6 is 11.6 Å². The molecule has 1 aromatic carbocycles. The molecule has 1 saturated carbocycles. The monoisotopic (exact) mass is 307 g/mol. The van der Waals surface area contributed by atoms with Crippen molar-refractivity contribution in [1.29, 1.82) is 5.26 Å². The average Bonchev–Trinajstić information content (AvgIpc) is 2.49. The summed E-state index contributed by atoms with van der Waals surface area (Å²) >= 11 is 5.73. The van der Waals surface area contributed by atoms with Crippen LogP contribution < -0.4 is 5.32 Å². The SMILES string of the molecule is N#CC1(C(=O)Nc2ccc(Cl)cc2[N+](=O)[O-])CCCCC1. The van der Waals surface area contributed by atoms with Crippen molar-refractivity contribution in [2.24, 2.45) is 5.41 Å². The summed E-state index contributed by atoms with van der Waals surface area (Å²) in [6.07, 6.45) is 3.58. The third-order valence-electron chi connectivity index (χ3n) is 3.76. The van der Waals surface area contributed by atoms with Crippen LogP contribution in [0.1, 0.15) is 32.1 Å². The number of carbonyl (C=O) groups excluding carboxylic acids is 1. The molecule has 0 saturated heterocycles. The molecule has 0 heterocycles. The van der Waals surface area contributed by atoms with E-state index in [0.29, 0.717) is 12.8 Å². The lowest BCUT2D eigenvalue weighted by Crippen LogP contribution is -2.36. The van der Waals surface area contributed by atoms with E-state index in [1.54, 1.807) is 0 Å². The summed E-state index contributed by atoms with van der Waals surface area (Å²) in [5.74, 6) is -0.477. The molecule has 1 fully saturated rings. The minimum Gasteiger partial charge on any atom is -0.319 e. The molecule has 1 N–H and O–H groups in total. The van der Waals surface area contributed by atoms with Gasteiger partial charge in [-0.05, 0) is 25.0 Å². The highest BCUT2D eigenvalue weighted by atomic mass is 35.5. The van der Waals surface area contributed by atoms with Crippen molar-refractivity contribution in [3.05, 3.63) is 33.3 Å². The van der Waals surface area contributed by atoms with Crippen LogP contribution in [0.25, 0.3) is 0 Å². The fourth-order valence-corrected chi connectivity index (χ4v) is 2.71. The molecule has 1 aliphatic carbocycles. The van der Waals surface area contributed by atoms with Gasteiger partial charge in [-0.3, -0.25) is 14.9 Å². The van der Waals surface area contributed by atoms with Crippen LogP contribution in [-0.2, 0) is 4.79 Å². The largest absolute Gasteiger partial charge is 0.319 e. The fourth-order valence-electron chi connectivity index (χ4n) is 2.55. The highest BCUT2D eigenvalue weighted by Gasteiger charge is 2.40. The second-order valence-electron chi connectivity index (χ2n) is 5.13. The highest BCUT2D eigenvalue weighted by molar-refractivity contribution is 6.31. The summed E-state index contributed by atoms with van der Waals surface area (Å²) in [4.78, 5) is 22.8. The van der Waals surface area contributed by atoms with Crippen LogP contribution in [-0.4, -0.2) is 10.8 Å². The Labute approximate surface area is 126 Å². The first-order valence-electron chi connectivity index (χ1n) is 6.65. The predicted molar refractivity (Wildman–Crippen MR) is 77.9 cm³/mol. The molecule has 0 spiro atoms. The standard InChI is InChI=1S/C14H14ClN3O3/c15-10-4-5-11(12(8-10)18(20)21)17-13(19)14(9-16)6-2-1-3-7-14/h4-5,8H,1-3,6-7H2,(H,17,19). The van der Waals surface area contributed by atoms with Gasteiger partial charge < -0.3 is 5.32 Å². The first kappa shape index (κ1) is 15.3. The molecule has 2 rings (SSSR count). The van der Waals surface area contributed by atoms with E-state index in [0.717, 1.165) is 19.3 Å². The summed E-state index contributed by atoms with van der Waals surface area (Å²) in [6.45, 7) is 0. The van der Waals surface area contributed by atoms with Gasteiger partial charge in [0.15, 0.2) is 0 Å². The summed E-state index contributed by atoms with van der Waals surface area (Å²) in [7, 11) is 0. The highest BCUT2D eigenvalue weighted by Crippen LogP contribution is 2.38. The summed E-state index contributed by atoms with van der Waals surface area (Å²) in [5.41, 5.74) is -1.31. The number of nitrogens with zero attached hydrogens (tertiary/aromatic N) is 2. The number of amides is 1. The van der Waals surface area contributed by atoms with E-state index in [9.17, 15) is 20.2 Å². The Morgan fingerprint density at radius 1 is 1.38 bits per heavy atom. The number of nitriles is 1. The molecule has 7 heteroatoms. The molecule has 1 aliphatic rings. The summed E-state index contributed by atoms with van der Waals surface area (Å²) in [6, 6.07) is 6.11. The number of nitro benzene ring substituents is 1. The number of rotatable bonds is 3. The number of halogens is 1. The Bertz CT molecular complexity index is 618. The van der Waals surface area contributed by atoms with Gasteiger partial charge in [-0.25, -0.2) is 0 Å². The van der Waals surface area contributed by atoms with Gasteiger partial charge in [-0.2, -0.15) is 5.26 Å². The number of anilines is 1. The first-order valence-corrected chi connectivity index (χ1v) is 7.03. The molecular formula is C14H14ClN3O3. The minimum absolute atomic E-state index is 0.0644. The Balaban J connectivity index is 2.27. The van der Waals surface area contributed by atoms with Crippen molar-refractivity contribution >= 4 is 28.9 Å². The van der Waals surface area contributed by atoms with Crippen LogP contribution in [0.15, 0.2) is 18.2 Å². The van der Waals surface area contributed by atoms with Crippen LogP contribution in [0.5, 0.6) is 0 Å². The molecule has 0 atom stereocenters. The van der Waals surface area contributed by atoms with Gasteiger partial charge in [0, 0.05) is 11.1 Å². The summed E-state index contributed by atoms with van der Waals surface area (Å²) in [5, 5.41) is 23.1. The van der Waals surface area contributed by atoms with Crippen LogP contribution in [0, 0.1) is 26.9 Å². The number of carbonyl (C=O) groups is 1. The summed E-state index contributed by atoms with van der Waals surface area (Å²) < 4.78 is 0. The van der Waals surface area contributed by atoms with Crippen LogP contribution in [0.2, 0.25) is 5.02 Å². The predicted octanol–water partition coefficient (Wildman–Crippen LogP) is 3.66. The van der Waals surface area contributed by atoms with E-state index in [4.69, 9.17) is 11.6 Å². The van der Waals surface area contributed by atoms with Gasteiger partial charge in [0.2, 0.25) is 5.91 Å². The smallest absolute Gasteiger partial charge is 0.294 e. The van der Waals surface area contributed by atoms with Gasteiger partial charge in [0.1, 0.15) is 11.1 Å². The van der Waals surface area contributed by atoms with E-state index in [-0.39, 0.29) is 16.4 Å². The van der Waals surface area contributed by atoms with E-state index in [1.165, 1.54) is 18.2 Å². The van der Waals surface area contributed by atoms with Gasteiger partial charge >= 0.3 is 0 Å². The molecule has 1 amide bonds. The second kappa shape index (κ2) is 6.10. The van der Waals surface area contributed by atoms with E-state index < -0.39 is 16.2 Å². The molecule has 0 aromatic heterocycles. The molecule has 0 bridgehead atoms. The van der Waals surface area contributed by atoms with Gasteiger partial charge in [0.25, 0.3) is 5.69 Å². The number of benzene rings is 1. The lowest BCUT2D eigenvalue weighted by atomic mass is 9.74. The zero-order valence-corrected chi connectivity index (χ0v) is 12.0. The van der Waals surface area contributed by atoms with Crippen molar-refractivity contribution in [2.75, 3.05) is 5.32 Å². The number of hydrogen-bond donors (Lipinski definition) is 1. The molecule has 0 radical (unpaired) electrons. The zero-order valence-electron chi connectivity index (χ0n) is 11.3. The normalized spacial score (nSPS) is 16.8. The topological polar surface area (TPSA) is 96.0 Å². The van der Waals surface area contributed by atoms with Crippen molar-refractivity contribution in [2.45, 2.75) is 32.1 Å². The number of nitro groups is 1. The molecule has 110 valence electrons. The van der Waals surface area contributed by atoms with Crippen molar-refractivity contribution in [3.8, 4) is 6.07 Å². The Kier molecular flexibility index (Phi) is 4.43. The fraction of sp³-hybridized carbons (Fsp3) is 0.429. The third-order valence-corrected chi connectivity index (χ3v) is 4.00. The Hall–Kier alpha value is -2.13. The first-order chi connectivity index (χ1) is 9.98. The maximum absolute atomic E-state index is 12.4. The second-order valence-corrected chi connectivity index (χ2v) is 5.56. The average molecular weight is 308 g/mol. The molecule has 0 unspecified atom stereocenters. The van der Waals surface area contributed by atoms with Crippen LogP contribution in [0.4, 0.5) is 11.4 Å². The third kappa shape index (κ3) is 3.14. The minimum atomic E-state index is -1.09. The molecule has 21 heavy (non-hydrogen) atoms. The number of hydrogen-bond acceptors (Lipinski definition) is 4. The van der Waals surface area contributed by atoms with Crippen LogP contribution in [0.3, 0.4) is 0 Å². The molecule has 6 nitrogen and oxygen atoms in total. The Morgan fingerprint density at radius 3 is 2.62 bits per heavy atom. The van der Waals surface area contributed by atoms with Crippen molar-refractivity contribution in [3.63, 3.8) is 0 Å². The van der Waals surface area contributed by atoms with Crippen molar-refractivity contribution < 1.29 is 9.72 Å². The van der Waals surface area contributed by atoms with Gasteiger partial charge in [-0.15, -0.1) is 0 Å². The van der Waals surface area contributed by atoms with E-state index in [1.807, 2.05) is 0 Å². The lowest BCUT2D eigenvalue weighted by Gasteiger charge is -2.29. The lowest BCUT2D eigenvalue weighted by molar-refractivity contribution is -0.383. The zero-order chi connectivity index (χ0) is 15.5. The van der Waals surface area contributed by atoms with E-state index in [2.05, 4.69) is 11.4 Å². The molecule has 0 aliphatic heterocycles.